The molecule has 1 aromatic carbocycles. The molecule has 0 aliphatic heterocycles. The zero-order valence-electron chi connectivity index (χ0n) is 7.56. The number of hydrogen-bond acceptors (Lipinski definition) is 1. The van der Waals surface area contributed by atoms with Gasteiger partial charge in [0.2, 0.25) is 0 Å². The van der Waals surface area contributed by atoms with Crippen molar-refractivity contribution in [2.45, 2.75) is 24.9 Å². The summed E-state index contributed by atoms with van der Waals surface area (Å²) in [4.78, 5) is 0. The van der Waals surface area contributed by atoms with E-state index in [-0.39, 0.29) is 6.10 Å². The third-order valence-electron chi connectivity index (χ3n) is 2.58. The number of benzene rings is 1. The van der Waals surface area contributed by atoms with E-state index in [4.69, 9.17) is 0 Å². The van der Waals surface area contributed by atoms with Gasteiger partial charge >= 0.3 is 0 Å². The van der Waals surface area contributed by atoms with E-state index in [1.807, 2.05) is 12.1 Å². The van der Waals surface area contributed by atoms with Crippen molar-refractivity contribution >= 4 is 0 Å². The Labute approximate surface area is 78.7 Å². The molecule has 0 spiro atoms. The van der Waals surface area contributed by atoms with E-state index in [9.17, 15) is 5.11 Å². The van der Waals surface area contributed by atoms with Gasteiger partial charge < -0.3 is 5.11 Å². The first-order chi connectivity index (χ1) is 6.36. The summed E-state index contributed by atoms with van der Waals surface area (Å²) in [6.07, 6.45) is 5.63. The van der Waals surface area contributed by atoms with Gasteiger partial charge in [-0.3, -0.25) is 0 Å². The van der Waals surface area contributed by atoms with Gasteiger partial charge in [-0.05, 0) is 24.3 Å². The molecular weight excluding hydrogens is 160 g/mol. The zero-order valence-corrected chi connectivity index (χ0v) is 7.56. The van der Waals surface area contributed by atoms with Gasteiger partial charge in [-0.1, -0.05) is 42.5 Å². The van der Waals surface area contributed by atoms with Crippen LogP contribution in [0.4, 0.5) is 0 Å². The van der Waals surface area contributed by atoms with Gasteiger partial charge in [0.25, 0.3) is 0 Å². The molecule has 0 bridgehead atoms. The molecule has 1 aliphatic rings. The standard InChI is InChI=1S/C12H14O/c13-12-8-4-7-11(9-12)10-5-2-1-3-6-10/h1-6,8,11-13H,7,9H2/t11-,12+/m0/s1. The molecule has 68 valence electrons. The summed E-state index contributed by atoms with van der Waals surface area (Å²) in [5.41, 5.74) is 1.34. The molecule has 0 radical (unpaired) electrons. The fraction of sp³-hybridized carbons (Fsp3) is 0.333. The average Bonchev–Trinajstić information content (AvgIpc) is 2.19. The first kappa shape index (κ1) is 8.52. The normalized spacial score (nSPS) is 27.5. The minimum Gasteiger partial charge on any atom is -0.389 e. The molecule has 0 fully saturated rings. The van der Waals surface area contributed by atoms with Crippen LogP contribution in [0, 0.1) is 0 Å². The number of aliphatic hydroxyl groups is 1. The zero-order chi connectivity index (χ0) is 9.10. The highest BCUT2D eigenvalue weighted by atomic mass is 16.3. The SMILES string of the molecule is O[C@@H]1C=CC[C@H](c2ccccc2)C1. The van der Waals surface area contributed by atoms with Gasteiger partial charge in [-0.2, -0.15) is 0 Å². The highest BCUT2D eigenvalue weighted by molar-refractivity contribution is 5.22. The lowest BCUT2D eigenvalue weighted by Crippen LogP contribution is -2.13. The predicted octanol–water partition coefficient (Wildman–Crippen LogP) is 2.48. The molecule has 0 unspecified atom stereocenters. The maximum atomic E-state index is 9.45. The van der Waals surface area contributed by atoms with Gasteiger partial charge in [0.1, 0.15) is 0 Å². The largest absolute Gasteiger partial charge is 0.389 e. The number of aliphatic hydroxyl groups excluding tert-OH is 1. The van der Waals surface area contributed by atoms with Crippen molar-refractivity contribution in [3.05, 3.63) is 48.0 Å². The Morgan fingerprint density at radius 3 is 2.62 bits per heavy atom. The van der Waals surface area contributed by atoms with Crippen LogP contribution in [0.5, 0.6) is 0 Å². The van der Waals surface area contributed by atoms with Crippen LogP contribution >= 0.6 is 0 Å². The predicted molar refractivity (Wildman–Crippen MR) is 53.6 cm³/mol. The van der Waals surface area contributed by atoms with Crippen molar-refractivity contribution in [1.29, 1.82) is 0 Å². The van der Waals surface area contributed by atoms with E-state index < -0.39 is 0 Å². The molecule has 0 aromatic heterocycles. The Balaban J connectivity index is 2.15. The number of allylic oxidation sites excluding steroid dienone is 1. The molecular formula is C12H14O. The molecule has 2 atom stereocenters. The molecule has 1 nitrogen and oxygen atoms in total. The van der Waals surface area contributed by atoms with Crippen LogP contribution in [0.1, 0.15) is 24.3 Å². The molecule has 1 heteroatoms. The summed E-state index contributed by atoms with van der Waals surface area (Å²) in [6, 6.07) is 10.4. The molecule has 1 N–H and O–H groups in total. The maximum absolute atomic E-state index is 9.45. The lowest BCUT2D eigenvalue weighted by Gasteiger charge is -2.21. The fourth-order valence-electron chi connectivity index (χ4n) is 1.86. The van der Waals surface area contributed by atoms with Crippen LogP contribution in [0.3, 0.4) is 0 Å². The summed E-state index contributed by atoms with van der Waals surface area (Å²) in [6.45, 7) is 0. The smallest absolute Gasteiger partial charge is 0.0726 e. The summed E-state index contributed by atoms with van der Waals surface area (Å²) in [5, 5.41) is 9.45. The molecule has 0 heterocycles. The van der Waals surface area contributed by atoms with E-state index >= 15 is 0 Å². The summed E-state index contributed by atoms with van der Waals surface area (Å²) in [7, 11) is 0. The first-order valence-corrected chi connectivity index (χ1v) is 4.76. The number of rotatable bonds is 1. The fourth-order valence-corrected chi connectivity index (χ4v) is 1.86. The molecule has 0 saturated heterocycles. The Kier molecular flexibility index (Phi) is 2.46. The van der Waals surface area contributed by atoms with Gasteiger partial charge in [0.05, 0.1) is 6.10 Å². The number of hydrogen-bond donors (Lipinski definition) is 1. The van der Waals surface area contributed by atoms with Crippen molar-refractivity contribution in [3.8, 4) is 0 Å². The maximum Gasteiger partial charge on any atom is 0.0726 e. The van der Waals surface area contributed by atoms with Crippen LogP contribution in [0.2, 0.25) is 0 Å². The van der Waals surface area contributed by atoms with Crippen LogP contribution in [-0.4, -0.2) is 11.2 Å². The van der Waals surface area contributed by atoms with Crippen LogP contribution < -0.4 is 0 Å². The summed E-state index contributed by atoms with van der Waals surface area (Å²) < 4.78 is 0. The Morgan fingerprint density at radius 1 is 1.15 bits per heavy atom. The van der Waals surface area contributed by atoms with Crippen LogP contribution in [0.15, 0.2) is 42.5 Å². The van der Waals surface area contributed by atoms with Crippen molar-refractivity contribution < 1.29 is 5.11 Å². The summed E-state index contributed by atoms with van der Waals surface area (Å²) >= 11 is 0. The summed E-state index contributed by atoms with van der Waals surface area (Å²) in [5.74, 6) is 0.501. The van der Waals surface area contributed by atoms with Gasteiger partial charge in [0, 0.05) is 0 Å². The highest BCUT2D eigenvalue weighted by Crippen LogP contribution is 2.28. The van der Waals surface area contributed by atoms with Crippen LogP contribution in [-0.2, 0) is 0 Å². The van der Waals surface area contributed by atoms with E-state index in [0.29, 0.717) is 5.92 Å². The average molecular weight is 174 g/mol. The lowest BCUT2D eigenvalue weighted by atomic mass is 9.87. The second kappa shape index (κ2) is 3.75. The van der Waals surface area contributed by atoms with E-state index in [1.54, 1.807) is 0 Å². The van der Waals surface area contributed by atoms with Crippen LogP contribution in [0.25, 0.3) is 0 Å². The van der Waals surface area contributed by atoms with Crippen molar-refractivity contribution in [2.75, 3.05) is 0 Å². The topological polar surface area (TPSA) is 20.2 Å². The van der Waals surface area contributed by atoms with Crippen molar-refractivity contribution in [3.63, 3.8) is 0 Å². The molecule has 2 rings (SSSR count). The van der Waals surface area contributed by atoms with E-state index in [0.717, 1.165) is 12.8 Å². The van der Waals surface area contributed by atoms with Crippen molar-refractivity contribution in [2.24, 2.45) is 0 Å². The van der Waals surface area contributed by atoms with Gasteiger partial charge in [-0.15, -0.1) is 0 Å². The third-order valence-corrected chi connectivity index (χ3v) is 2.58. The molecule has 1 aromatic rings. The van der Waals surface area contributed by atoms with E-state index in [2.05, 4.69) is 30.3 Å². The lowest BCUT2D eigenvalue weighted by molar-refractivity contribution is 0.195. The third kappa shape index (κ3) is 1.99. The first-order valence-electron chi connectivity index (χ1n) is 4.76. The Bertz CT molecular complexity index is 289. The van der Waals surface area contributed by atoms with Gasteiger partial charge in [-0.25, -0.2) is 0 Å². The quantitative estimate of drug-likeness (QED) is 0.648. The Hall–Kier alpha value is -1.08. The molecule has 0 amide bonds. The highest BCUT2D eigenvalue weighted by Gasteiger charge is 2.16. The molecule has 13 heavy (non-hydrogen) atoms. The molecule has 0 saturated carbocycles. The monoisotopic (exact) mass is 174 g/mol. The minimum absolute atomic E-state index is 0.251. The second-order valence-corrected chi connectivity index (χ2v) is 3.57. The molecule has 1 aliphatic carbocycles. The van der Waals surface area contributed by atoms with Gasteiger partial charge in [0.15, 0.2) is 0 Å². The van der Waals surface area contributed by atoms with E-state index in [1.165, 1.54) is 5.56 Å². The Morgan fingerprint density at radius 2 is 1.92 bits per heavy atom. The minimum atomic E-state index is -0.251. The second-order valence-electron chi connectivity index (χ2n) is 3.57. The van der Waals surface area contributed by atoms with Crippen molar-refractivity contribution in [1.82, 2.24) is 0 Å².